The summed E-state index contributed by atoms with van der Waals surface area (Å²) in [7, 11) is 0. The van der Waals surface area contributed by atoms with Crippen LogP contribution in [0.4, 0.5) is 10.3 Å². The summed E-state index contributed by atoms with van der Waals surface area (Å²) in [6.45, 7) is 0. The molecule has 6 heteroatoms. The Morgan fingerprint density at radius 1 is 1.00 bits per heavy atom. The summed E-state index contributed by atoms with van der Waals surface area (Å²) in [6.07, 6.45) is 1.13. The van der Waals surface area contributed by atoms with E-state index in [-0.39, 0.29) is 29.5 Å². The van der Waals surface area contributed by atoms with E-state index in [4.69, 9.17) is 9.98 Å². The van der Waals surface area contributed by atoms with Crippen molar-refractivity contribution in [2.45, 2.75) is 24.8 Å². The van der Waals surface area contributed by atoms with Gasteiger partial charge in [-0.1, -0.05) is 30.3 Å². The molecule has 148 valence electrons. The van der Waals surface area contributed by atoms with E-state index in [0.29, 0.717) is 18.8 Å². The average Bonchev–Trinajstić information content (AvgIpc) is 3.40. The van der Waals surface area contributed by atoms with Crippen LogP contribution in [-0.2, 0) is 4.79 Å². The van der Waals surface area contributed by atoms with Gasteiger partial charge < -0.3 is 0 Å². The molecule has 1 aliphatic carbocycles. The molecule has 0 bridgehead atoms. The maximum atomic E-state index is 13.5. The number of imidazole rings is 1. The first kappa shape index (κ1) is 17.7. The number of fused-ring (bicyclic) bond motifs is 4. The molecule has 1 aliphatic heterocycles. The Kier molecular flexibility index (Phi) is 3.96. The van der Waals surface area contributed by atoms with Crippen molar-refractivity contribution in [3.05, 3.63) is 82.3 Å². The number of Topliss-reactive ketones (excluding diaryl/α,β-unsaturated/α-hetero) is 1. The predicted octanol–water partition coefficient (Wildman–Crippen LogP) is 5.68. The van der Waals surface area contributed by atoms with Crippen molar-refractivity contribution in [1.29, 1.82) is 0 Å². The first-order valence-electron chi connectivity index (χ1n) is 10.0. The largest absolute Gasteiger partial charge is 0.299 e. The number of thiophene rings is 1. The van der Waals surface area contributed by atoms with Crippen LogP contribution in [0.15, 0.2) is 71.0 Å². The molecule has 3 heterocycles. The molecule has 4 nitrogen and oxygen atoms in total. The highest BCUT2D eigenvalue weighted by Gasteiger charge is 2.44. The highest BCUT2D eigenvalue weighted by Crippen LogP contribution is 2.46. The number of halogens is 1. The van der Waals surface area contributed by atoms with Gasteiger partial charge in [-0.2, -0.15) is 0 Å². The Morgan fingerprint density at radius 3 is 2.63 bits per heavy atom. The maximum absolute atomic E-state index is 13.5. The summed E-state index contributed by atoms with van der Waals surface area (Å²) in [5.41, 5.74) is 3.76. The molecule has 0 radical (unpaired) electrons. The molecule has 2 aliphatic rings. The van der Waals surface area contributed by atoms with Crippen molar-refractivity contribution in [1.82, 2.24) is 9.55 Å². The standard InChI is InChI=1S/C24H18FN3OS/c25-16-9-7-14(8-10-16)15-12-18-22(20(29)13-15)23(21-6-3-11-30-21)28-19-5-2-1-4-17(19)26-24(28)27-18/h1-11,15,22-23H,12-13H2/t15-,22-,23-/m0/s1. The Balaban J connectivity index is 1.51. The molecule has 0 saturated heterocycles. The fraction of sp³-hybridized carbons (Fsp3) is 0.208. The Morgan fingerprint density at radius 2 is 1.83 bits per heavy atom. The van der Waals surface area contributed by atoms with Gasteiger partial charge in [0.05, 0.1) is 23.0 Å². The van der Waals surface area contributed by atoms with Gasteiger partial charge in [0.2, 0.25) is 5.95 Å². The molecule has 0 amide bonds. The Labute approximate surface area is 176 Å². The molecule has 0 N–H and O–H groups in total. The third-order valence-electron chi connectivity index (χ3n) is 6.20. The SMILES string of the molecule is O=C1C[C@@H](c2ccc(F)cc2)CC2=Nc3nc4ccccc4n3[C@@H](c3cccs3)[C@H]12. The van der Waals surface area contributed by atoms with Gasteiger partial charge in [-0.3, -0.25) is 9.36 Å². The van der Waals surface area contributed by atoms with Crippen LogP contribution in [-0.4, -0.2) is 21.0 Å². The van der Waals surface area contributed by atoms with Crippen LogP contribution in [0.2, 0.25) is 0 Å². The van der Waals surface area contributed by atoms with Crippen LogP contribution in [0.1, 0.15) is 35.2 Å². The van der Waals surface area contributed by atoms with Gasteiger partial charge in [-0.05, 0) is 53.6 Å². The quantitative estimate of drug-likeness (QED) is 0.423. The minimum absolute atomic E-state index is 0.0213. The first-order chi connectivity index (χ1) is 14.7. The molecule has 2 aromatic carbocycles. The highest BCUT2D eigenvalue weighted by atomic mass is 32.1. The molecule has 1 fully saturated rings. The smallest absolute Gasteiger partial charge is 0.231 e. The topological polar surface area (TPSA) is 47.2 Å². The zero-order valence-corrected chi connectivity index (χ0v) is 16.8. The van der Waals surface area contributed by atoms with Crippen molar-refractivity contribution < 1.29 is 9.18 Å². The molecule has 6 rings (SSSR count). The van der Waals surface area contributed by atoms with Gasteiger partial charge in [-0.15, -0.1) is 11.3 Å². The van der Waals surface area contributed by atoms with Gasteiger partial charge in [0.1, 0.15) is 11.6 Å². The number of hydrogen-bond donors (Lipinski definition) is 0. The first-order valence-corrected chi connectivity index (χ1v) is 10.9. The predicted molar refractivity (Wildman–Crippen MR) is 116 cm³/mol. The summed E-state index contributed by atoms with van der Waals surface area (Å²) in [5.74, 6) is 0.322. The lowest BCUT2D eigenvalue weighted by molar-refractivity contribution is -0.122. The van der Waals surface area contributed by atoms with Gasteiger partial charge in [0, 0.05) is 17.0 Å². The number of hydrogen-bond acceptors (Lipinski definition) is 4. The van der Waals surface area contributed by atoms with Crippen molar-refractivity contribution in [2.24, 2.45) is 10.9 Å². The van der Waals surface area contributed by atoms with E-state index in [1.807, 2.05) is 35.7 Å². The normalized spacial score (nSPS) is 23.2. The number of ketones is 1. The number of para-hydroxylation sites is 2. The molecular formula is C24H18FN3OS. The van der Waals surface area contributed by atoms with E-state index in [1.54, 1.807) is 23.5 Å². The fourth-order valence-corrected chi connectivity index (χ4v) is 5.72. The number of nitrogens with zero attached hydrogens (tertiary/aromatic N) is 3. The molecule has 2 aromatic heterocycles. The van der Waals surface area contributed by atoms with Gasteiger partial charge in [0.15, 0.2) is 0 Å². The van der Waals surface area contributed by atoms with Crippen LogP contribution in [0, 0.1) is 11.7 Å². The van der Waals surface area contributed by atoms with E-state index < -0.39 is 0 Å². The molecule has 3 atom stereocenters. The van der Waals surface area contributed by atoms with Crippen LogP contribution < -0.4 is 0 Å². The second-order valence-electron chi connectivity index (χ2n) is 7.93. The minimum Gasteiger partial charge on any atom is -0.299 e. The second kappa shape index (κ2) is 6.71. The molecule has 0 spiro atoms. The number of carbonyl (C=O) groups is 1. The third-order valence-corrected chi connectivity index (χ3v) is 7.14. The average molecular weight is 415 g/mol. The molecule has 0 unspecified atom stereocenters. The van der Waals surface area contributed by atoms with Gasteiger partial charge >= 0.3 is 0 Å². The van der Waals surface area contributed by atoms with E-state index in [9.17, 15) is 9.18 Å². The summed E-state index contributed by atoms with van der Waals surface area (Å²) in [6, 6.07) is 18.5. The molecular weight excluding hydrogens is 397 g/mol. The number of rotatable bonds is 2. The lowest BCUT2D eigenvalue weighted by Crippen LogP contribution is -2.41. The summed E-state index contributed by atoms with van der Waals surface area (Å²) in [4.78, 5) is 24.3. The number of aliphatic imine (C=N–C) groups is 1. The van der Waals surface area contributed by atoms with Crippen LogP contribution in [0.25, 0.3) is 11.0 Å². The summed E-state index contributed by atoms with van der Waals surface area (Å²) < 4.78 is 15.5. The van der Waals surface area contributed by atoms with E-state index in [2.05, 4.69) is 10.6 Å². The summed E-state index contributed by atoms with van der Waals surface area (Å²) >= 11 is 1.66. The summed E-state index contributed by atoms with van der Waals surface area (Å²) in [5, 5.41) is 2.05. The zero-order chi connectivity index (χ0) is 20.2. The maximum Gasteiger partial charge on any atom is 0.231 e. The lowest BCUT2D eigenvalue weighted by Gasteiger charge is -2.37. The monoisotopic (exact) mass is 415 g/mol. The van der Waals surface area contributed by atoms with Crippen LogP contribution >= 0.6 is 11.3 Å². The zero-order valence-electron chi connectivity index (χ0n) is 16.0. The molecule has 4 aromatic rings. The van der Waals surface area contributed by atoms with E-state index in [1.165, 1.54) is 12.1 Å². The second-order valence-corrected chi connectivity index (χ2v) is 8.91. The minimum atomic E-state index is -0.287. The van der Waals surface area contributed by atoms with Crippen molar-refractivity contribution in [2.75, 3.05) is 0 Å². The Hall–Kier alpha value is -3.12. The number of carbonyl (C=O) groups excluding carboxylic acids is 1. The van der Waals surface area contributed by atoms with Gasteiger partial charge in [0.25, 0.3) is 0 Å². The molecule has 30 heavy (non-hydrogen) atoms. The Bertz CT molecular complexity index is 1290. The highest BCUT2D eigenvalue weighted by molar-refractivity contribution is 7.10. The van der Waals surface area contributed by atoms with Gasteiger partial charge in [-0.25, -0.2) is 14.4 Å². The molecule has 1 saturated carbocycles. The number of aromatic nitrogens is 2. The van der Waals surface area contributed by atoms with Crippen LogP contribution in [0.5, 0.6) is 0 Å². The third kappa shape index (κ3) is 2.67. The van der Waals surface area contributed by atoms with E-state index >= 15 is 0 Å². The van der Waals surface area contributed by atoms with Crippen molar-refractivity contribution in [3.63, 3.8) is 0 Å². The lowest BCUT2D eigenvalue weighted by atomic mass is 9.72. The van der Waals surface area contributed by atoms with Crippen molar-refractivity contribution in [3.8, 4) is 0 Å². The van der Waals surface area contributed by atoms with E-state index in [0.717, 1.165) is 27.2 Å². The van der Waals surface area contributed by atoms with Crippen LogP contribution in [0.3, 0.4) is 0 Å². The fourth-order valence-electron chi connectivity index (χ4n) is 4.86. The number of benzene rings is 2. The van der Waals surface area contributed by atoms with Crippen molar-refractivity contribution >= 4 is 39.8 Å².